The molecule has 0 unspecified atom stereocenters. The number of aromatic nitrogens is 2. The van der Waals surface area contributed by atoms with Gasteiger partial charge in [0.05, 0.1) is 13.2 Å². The zero-order valence-electron chi connectivity index (χ0n) is 14.7. The predicted molar refractivity (Wildman–Crippen MR) is 100 cm³/mol. The van der Waals surface area contributed by atoms with E-state index >= 15 is 0 Å². The molecule has 0 fully saturated rings. The van der Waals surface area contributed by atoms with Crippen molar-refractivity contribution in [1.29, 1.82) is 0 Å². The van der Waals surface area contributed by atoms with E-state index in [1.165, 1.54) is 0 Å². The molecule has 0 spiro atoms. The summed E-state index contributed by atoms with van der Waals surface area (Å²) in [5.74, 6) is 1.31. The molecule has 0 aliphatic rings. The average molecular weight is 350 g/mol. The van der Waals surface area contributed by atoms with E-state index < -0.39 is 6.10 Å². The summed E-state index contributed by atoms with van der Waals surface area (Å²) in [5, 5.41) is 10.1. The molecule has 26 heavy (non-hydrogen) atoms. The second-order valence-corrected chi connectivity index (χ2v) is 5.95. The monoisotopic (exact) mass is 350 g/mol. The molecule has 0 saturated heterocycles. The molecule has 5 heteroatoms. The van der Waals surface area contributed by atoms with Gasteiger partial charge in [0.2, 0.25) is 5.88 Å². The van der Waals surface area contributed by atoms with Crippen LogP contribution in [0.25, 0.3) is 11.1 Å². The highest BCUT2D eigenvalue weighted by molar-refractivity contribution is 5.68. The number of ether oxygens (including phenoxy) is 2. The molecular formula is C21H22N2O3. The second kappa shape index (κ2) is 8.97. The third-order valence-electron chi connectivity index (χ3n) is 4.06. The van der Waals surface area contributed by atoms with Gasteiger partial charge in [-0.3, -0.25) is 4.98 Å². The van der Waals surface area contributed by atoms with Crippen molar-refractivity contribution < 1.29 is 14.6 Å². The van der Waals surface area contributed by atoms with Gasteiger partial charge in [-0.15, -0.1) is 0 Å². The maximum atomic E-state index is 10.1. The highest BCUT2D eigenvalue weighted by atomic mass is 16.5. The quantitative estimate of drug-likeness (QED) is 0.673. The van der Waals surface area contributed by atoms with Gasteiger partial charge < -0.3 is 14.6 Å². The molecule has 0 aliphatic heterocycles. The molecule has 1 N–H and O–H groups in total. The SMILES string of the molecule is COc1ncccc1-c1ccc(OC[C@H](O)CCc2cccnc2)cc1. The van der Waals surface area contributed by atoms with E-state index in [0.717, 1.165) is 28.9 Å². The molecule has 2 heterocycles. The number of rotatable bonds is 8. The summed E-state index contributed by atoms with van der Waals surface area (Å²) in [6, 6.07) is 15.4. The smallest absolute Gasteiger partial charge is 0.221 e. The number of aryl methyl sites for hydroxylation is 1. The van der Waals surface area contributed by atoms with E-state index in [4.69, 9.17) is 9.47 Å². The minimum absolute atomic E-state index is 0.260. The lowest BCUT2D eigenvalue weighted by Gasteiger charge is -2.13. The molecule has 0 saturated carbocycles. The van der Waals surface area contributed by atoms with Crippen LogP contribution < -0.4 is 9.47 Å². The van der Waals surface area contributed by atoms with E-state index in [0.29, 0.717) is 12.3 Å². The first-order valence-corrected chi connectivity index (χ1v) is 8.55. The Labute approximate surface area is 153 Å². The van der Waals surface area contributed by atoms with Gasteiger partial charge in [-0.25, -0.2) is 4.98 Å². The minimum Gasteiger partial charge on any atom is -0.491 e. The summed E-state index contributed by atoms with van der Waals surface area (Å²) in [6.45, 7) is 0.260. The molecule has 0 bridgehead atoms. The average Bonchev–Trinajstić information content (AvgIpc) is 2.72. The number of aliphatic hydroxyl groups is 1. The molecule has 0 amide bonds. The Kier molecular flexibility index (Phi) is 6.17. The number of aliphatic hydroxyl groups excluding tert-OH is 1. The van der Waals surface area contributed by atoms with Gasteiger partial charge in [0, 0.05) is 24.2 Å². The Morgan fingerprint density at radius 3 is 2.58 bits per heavy atom. The number of nitrogens with zero attached hydrogens (tertiary/aromatic N) is 2. The van der Waals surface area contributed by atoms with E-state index in [1.54, 1.807) is 19.5 Å². The minimum atomic E-state index is -0.520. The number of methoxy groups -OCH3 is 1. The van der Waals surface area contributed by atoms with E-state index in [2.05, 4.69) is 9.97 Å². The molecule has 2 aromatic heterocycles. The maximum Gasteiger partial charge on any atom is 0.221 e. The number of benzene rings is 1. The van der Waals surface area contributed by atoms with Crippen molar-refractivity contribution >= 4 is 0 Å². The number of hydrogen-bond acceptors (Lipinski definition) is 5. The van der Waals surface area contributed by atoms with Gasteiger partial charge in [0.15, 0.2) is 0 Å². The lowest BCUT2D eigenvalue weighted by molar-refractivity contribution is 0.100. The molecule has 0 radical (unpaired) electrons. The van der Waals surface area contributed by atoms with Crippen molar-refractivity contribution in [2.75, 3.05) is 13.7 Å². The van der Waals surface area contributed by atoms with Gasteiger partial charge in [0.25, 0.3) is 0 Å². The second-order valence-electron chi connectivity index (χ2n) is 5.95. The Balaban J connectivity index is 1.53. The van der Waals surface area contributed by atoms with Crippen LogP contribution in [0.2, 0.25) is 0 Å². The van der Waals surface area contributed by atoms with Crippen molar-refractivity contribution in [3.8, 4) is 22.8 Å². The zero-order chi connectivity index (χ0) is 18.2. The van der Waals surface area contributed by atoms with Gasteiger partial charge >= 0.3 is 0 Å². The van der Waals surface area contributed by atoms with E-state index in [9.17, 15) is 5.11 Å². The molecule has 5 nitrogen and oxygen atoms in total. The Morgan fingerprint density at radius 2 is 1.85 bits per heavy atom. The molecule has 3 rings (SSSR count). The lowest BCUT2D eigenvalue weighted by atomic mass is 10.1. The Morgan fingerprint density at radius 1 is 1.04 bits per heavy atom. The van der Waals surface area contributed by atoms with Crippen molar-refractivity contribution in [2.45, 2.75) is 18.9 Å². The standard InChI is InChI=1S/C21H22N2O3/c1-25-21-20(5-3-13-23-21)17-7-10-19(11-8-17)26-15-18(24)9-6-16-4-2-12-22-14-16/h2-5,7-8,10-14,18,24H,6,9,15H2,1H3/t18-/m1/s1. The van der Waals surface area contributed by atoms with Crippen LogP contribution in [0.4, 0.5) is 0 Å². The van der Waals surface area contributed by atoms with Gasteiger partial charge in [-0.05, 0) is 54.3 Å². The summed E-state index contributed by atoms with van der Waals surface area (Å²) in [7, 11) is 1.61. The van der Waals surface area contributed by atoms with Gasteiger partial charge in [-0.1, -0.05) is 18.2 Å². The van der Waals surface area contributed by atoms with Crippen LogP contribution in [0, 0.1) is 0 Å². The molecule has 1 atom stereocenters. The van der Waals surface area contributed by atoms with Crippen molar-refractivity contribution in [2.24, 2.45) is 0 Å². The Hall–Kier alpha value is -2.92. The van der Waals surface area contributed by atoms with E-state index in [1.807, 2.05) is 54.7 Å². The summed E-state index contributed by atoms with van der Waals surface area (Å²) in [5.41, 5.74) is 3.04. The zero-order valence-corrected chi connectivity index (χ0v) is 14.7. The van der Waals surface area contributed by atoms with Crippen LogP contribution in [-0.4, -0.2) is 34.9 Å². The fraction of sp³-hybridized carbons (Fsp3) is 0.238. The highest BCUT2D eigenvalue weighted by Gasteiger charge is 2.08. The van der Waals surface area contributed by atoms with E-state index in [-0.39, 0.29) is 6.61 Å². The molecule has 134 valence electrons. The normalized spacial score (nSPS) is 11.8. The van der Waals surface area contributed by atoms with Crippen LogP contribution in [-0.2, 0) is 6.42 Å². The van der Waals surface area contributed by atoms with Crippen LogP contribution >= 0.6 is 0 Å². The molecule has 1 aromatic carbocycles. The van der Waals surface area contributed by atoms with Crippen LogP contribution in [0.5, 0.6) is 11.6 Å². The van der Waals surface area contributed by atoms with Crippen molar-refractivity contribution in [3.63, 3.8) is 0 Å². The van der Waals surface area contributed by atoms with Crippen LogP contribution in [0.3, 0.4) is 0 Å². The predicted octanol–water partition coefficient (Wildman–Crippen LogP) is 3.52. The third-order valence-corrected chi connectivity index (χ3v) is 4.06. The fourth-order valence-corrected chi connectivity index (χ4v) is 2.66. The van der Waals surface area contributed by atoms with Crippen LogP contribution in [0.1, 0.15) is 12.0 Å². The first-order valence-electron chi connectivity index (χ1n) is 8.55. The third kappa shape index (κ3) is 4.80. The largest absolute Gasteiger partial charge is 0.491 e. The molecule has 0 aliphatic carbocycles. The summed E-state index contributed by atoms with van der Waals surface area (Å²) in [4.78, 5) is 8.29. The summed E-state index contributed by atoms with van der Waals surface area (Å²) >= 11 is 0. The summed E-state index contributed by atoms with van der Waals surface area (Å²) in [6.07, 6.45) is 6.15. The van der Waals surface area contributed by atoms with Gasteiger partial charge in [0.1, 0.15) is 12.4 Å². The van der Waals surface area contributed by atoms with Crippen molar-refractivity contribution in [1.82, 2.24) is 9.97 Å². The maximum absolute atomic E-state index is 10.1. The van der Waals surface area contributed by atoms with Gasteiger partial charge in [-0.2, -0.15) is 0 Å². The molecular weight excluding hydrogens is 328 g/mol. The fourth-order valence-electron chi connectivity index (χ4n) is 2.66. The summed E-state index contributed by atoms with van der Waals surface area (Å²) < 4.78 is 11.0. The first-order chi connectivity index (χ1) is 12.8. The Bertz CT molecular complexity index is 807. The molecule has 3 aromatic rings. The number of pyridine rings is 2. The highest BCUT2D eigenvalue weighted by Crippen LogP contribution is 2.28. The number of hydrogen-bond donors (Lipinski definition) is 1. The van der Waals surface area contributed by atoms with Crippen molar-refractivity contribution in [3.05, 3.63) is 72.7 Å². The lowest BCUT2D eigenvalue weighted by Crippen LogP contribution is -2.18. The van der Waals surface area contributed by atoms with Crippen LogP contribution in [0.15, 0.2) is 67.1 Å². The topological polar surface area (TPSA) is 64.5 Å². The first kappa shape index (κ1) is 17.9.